The molecule has 150 valence electrons. The summed E-state index contributed by atoms with van der Waals surface area (Å²) in [6.07, 6.45) is 3.98. The third-order valence-electron chi connectivity index (χ3n) is 5.34. The number of ether oxygens (including phenoxy) is 3. The van der Waals surface area contributed by atoms with E-state index in [1.165, 1.54) is 19.3 Å². The lowest BCUT2D eigenvalue weighted by atomic mass is 9.90. The van der Waals surface area contributed by atoms with E-state index < -0.39 is 0 Å². The Morgan fingerprint density at radius 2 is 1.82 bits per heavy atom. The summed E-state index contributed by atoms with van der Waals surface area (Å²) in [5.74, 6) is 2.24. The maximum atomic E-state index is 12.4. The van der Waals surface area contributed by atoms with Gasteiger partial charge in [-0.15, -0.1) is 0 Å². The van der Waals surface area contributed by atoms with Gasteiger partial charge in [-0.2, -0.15) is 0 Å². The highest BCUT2D eigenvalue weighted by Gasteiger charge is 2.34. The van der Waals surface area contributed by atoms with E-state index in [1.807, 2.05) is 12.1 Å². The van der Waals surface area contributed by atoms with Gasteiger partial charge in [-0.3, -0.25) is 4.79 Å². The minimum atomic E-state index is -0.130. The van der Waals surface area contributed by atoms with Crippen molar-refractivity contribution in [2.45, 2.75) is 31.6 Å². The molecule has 1 N–H and O–H groups in total. The predicted molar refractivity (Wildman–Crippen MR) is 109 cm³/mol. The van der Waals surface area contributed by atoms with Gasteiger partial charge < -0.3 is 24.4 Å². The Balaban J connectivity index is 1.77. The van der Waals surface area contributed by atoms with Gasteiger partial charge in [0.25, 0.3) is 0 Å². The van der Waals surface area contributed by atoms with Crippen LogP contribution in [-0.4, -0.2) is 45.3 Å². The molecule has 0 aliphatic carbocycles. The van der Waals surface area contributed by atoms with Gasteiger partial charge in [0.05, 0.1) is 26.2 Å². The zero-order valence-corrected chi connectivity index (χ0v) is 17.2. The number of piperidine rings is 1. The number of amides is 1. The number of nitrogens with zero attached hydrogens (tertiary/aromatic N) is 2. The van der Waals surface area contributed by atoms with E-state index in [4.69, 9.17) is 19.2 Å². The lowest BCUT2D eigenvalue weighted by Crippen LogP contribution is -2.29. The Kier molecular flexibility index (Phi) is 5.30. The molecule has 0 saturated carbocycles. The van der Waals surface area contributed by atoms with E-state index in [2.05, 4.69) is 10.2 Å². The maximum Gasteiger partial charge on any atom is 0.226 e. The Hall–Kier alpha value is -2.48. The molecule has 4 rings (SSSR count). The standard InChI is InChI=1S/C20H25N3O4S/c1-25-14-8-7-12(16(26-2)17(14)27-3)13-11-15(24)21-19-18(13)28-20(22-19)23-9-5-4-6-10-23/h7-8,13H,4-6,9-11H2,1-3H3,(H,21,24)/t13-/m0/s1. The quantitative estimate of drug-likeness (QED) is 0.822. The SMILES string of the molecule is COc1ccc([C@@H]2CC(=O)Nc3nc(N4CCCCC4)sc32)c(OC)c1OC. The molecule has 1 saturated heterocycles. The first kappa shape index (κ1) is 18.9. The first-order valence-electron chi connectivity index (χ1n) is 9.50. The smallest absolute Gasteiger partial charge is 0.226 e. The molecular weight excluding hydrogens is 378 g/mol. The first-order chi connectivity index (χ1) is 13.7. The fourth-order valence-corrected chi connectivity index (χ4v) is 5.17. The van der Waals surface area contributed by atoms with Crippen molar-refractivity contribution in [3.05, 3.63) is 22.6 Å². The third-order valence-corrected chi connectivity index (χ3v) is 6.57. The van der Waals surface area contributed by atoms with Gasteiger partial charge >= 0.3 is 0 Å². The zero-order chi connectivity index (χ0) is 19.7. The van der Waals surface area contributed by atoms with Crippen LogP contribution >= 0.6 is 11.3 Å². The number of methoxy groups -OCH3 is 3. The lowest BCUT2D eigenvalue weighted by molar-refractivity contribution is -0.116. The van der Waals surface area contributed by atoms with E-state index in [0.717, 1.165) is 28.7 Å². The average molecular weight is 404 g/mol. The van der Waals surface area contributed by atoms with Crippen molar-refractivity contribution in [1.82, 2.24) is 4.98 Å². The molecule has 1 fully saturated rings. The molecule has 0 spiro atoms. The molecule has 8 heteroatoms. The van der Waals surface area contributed by atoms with Crippen molar-refractivity contribution >= 4 is 28.2 Å². The van der Waals surface area contributed by atoms with Crippen LogP contribution in [-0.2, 0) is 4.79 Å². The van der Waals surface area contributed by atoms with Crippen molar-refractivity contribution in [3.63, 3.8) is 0 Å². The van der Waals surface area contributed by atoms with Crippen molar-refractivity contribution in [2.24, 2.45) is 0 Å². The second-order valence-corrected chi connectivity index (χ2v) is 7.99. The minimum Gasteiger partial charge on any atom is -0.493 e. The highest BCUT2D eigenvalue weighted by Crippen LogP contribution is 2.49. The Morgan fingerprint density at radius 1 is 1.07 bits per heavy atom. The van der Waals surface area contributed by atoms with E-state index in [1.54, 1.807) is 32.7 Å². The van der Waals surface area contributed by atoms with Gasteiger partial charge in [-0.05, 0) is 25.3 Å². The lowest BCUT2D eigenvalue weighted by Gasteiger charge is -2.26. The number of anilines is 2. The van der Waals surface area contributed by atoms with E-state index in [-0.39, 0.29) is 11.8 Å². The second kappa shape index (κ2) is 7.87. The summed E-state index contributed by atoms with van der Waals surface area (Å²) >= 11 is 1.66. The van der Waals surface area contributed by atoms with Crippen LogP contribution in [0.15, 0.2) is 12.1 Å². The number of hydrogen-bond acceptors (Lipinski definition) is 7. The van der Waals surface area contributed by atoms with Gasteiger partial charge in [-0.25, -0.2) is 4.98 Å². The summed E-state index contributed by atoms with van der Waals surface area (Å²) in [7, 11) is 4.79. The molecule has 3 heterocycles. The largest absolute Gasteiger partial charge is 0.493 e. The monoisotopic (exact) mass is 403 g/mol. The normalized spacial score (nSPS) is 19.0. The number of aromatic nitrogens is 1. The molecule has 0 radical (unpaired) electrons. The molecule has 2 aliphatic heterocycles. The molecule has 28 heavy (non-hydrogen) atoms. The summed E-state index contributed by atoms with van der Waals surface area (Å²) in [6.45, 7) is 2.04. The van der Waals surface area contributed by atoms with Crippen molar-refractivity contribution in [2.75, 3.05) is 44.6 Å². The molecule has 2 aromatic rings. The number of benzene rings is 1. The summed E-state index contributed by atoms with van der Waals surface area (Å²) < 4.78 is 16.6. The van der Waals surface area contributed by atoms with Crippen molar-refractivity contribution in [1.29, 1.82) is 0 Å². The van der Waals surface area contributed by atoms with E-state index in [0.29, 0.717) is 29.5 Å². The maximum absolute atomic E-state index is 12.4. The number of rotatable bonds is 5. The topological polar surface area (TPSA) is 72.9 Å². The van der Waals surface area contributed by atoms with Crippen LogP contribution in [0, 0.1) is 0 Å². The Morgan fingerprint density at radius 3 is 2.50 bits per heavy atom. The van der Waals surface area contributed by atoms with Crippen LogP contribution in [0.4, 0.5) is 10.9 Å². The van der Waals surface area contributed by atoms with Crippen LogP contribution in [0.2, 0.25) is 0 Å². The Labute approximate surface area is 168 Å². The molecule has 1 aromatic heterocycles. The molecule has 2 aliphatic rings. The van der Waals surface area contributed by atoms with Gasteiger partial charge in [0.15, 0.2) is 16.6 Å². The average Bonchev–Trinajstić information content (AvgIpc) is 3.16. The summed E-state index contributed by atoms with van der Waals surface area (Å²) in [4.78, 5) is 20.5. The zero-order valence-electron chi connectivity index (χ0n) is 16.4. The molecule has 7 nitrogen and oxygen atoms in total. The highest BCUT2D eigenvalue weighted by atomic mass is 32.1. The van der Waals surface area contributed by atoms with Crippen LogP contribution in [0.25, 0.3) is 0 Å². The predicted octanol–water partition coefficient (Wildman–Crippen LogP) is 3.63. The van der Waals surface area contributed by atoms with Gasteiger partial charge in [0.2, 0.25) is 11.7 Å². The third kappa shape index (κ3) is 3.26. The number of thiazole rings is 1. The van der Waals surface area contributed by atoms with Gasteiger partial charge in [0, 0.05) is 31.0 Å². The van der Waals surface area contributed by atoms with Gasteiger partial charge in [-0.1, -0.05) is 17.4 Å². The van der Waals surface area contributed by atoms with E-state index >= 15 is 0 Å². The van der Waals surface area contributed by atoms with Crippen LogP contribution in [0.1, 0.15) is 42.0 Å². The van der Waals surface area contributed by atoms with Crippen LogP contribution in [0.3, 0.4) is 0 Å². The van der Waals surface area contributed by atoms with Crippen molar-refractivity contribution in [3.8, 4) is 17.2 Å². The van der Waals surface area contributed by atoms with Gasteiger partial charge in [0.1, 0.15) is 5.82 Å². The number of carbonyl (C=O) groups excluding carboxylic acids is 1. The summed E-state index contributed by atoms with van der Waals surface area (Å²) in [5, 5.41) is 3.93. The number of nitrogens with one attached hydrogen (secondary N) is 1. The fourth-order valence-electron chi connectivity index (χ4n) is 3.98. The molecule has 0 unspecified atom stereocenters. The molecule has 1 aromatic carbocycles. The van der Waals surface area contributed by atoms with Crippen molar-refractivity contribution < 1.29 is 19.0 Å². The number of carbonyl (C=O) groups is 1. The molecule has 0 bridgehead atoms. The Bertz CT molecular complexity index is 877. The van der Waals surface area contributed by atoms with Crippen LogP contribution in [0.5, 0.6) is 17.2 Å². The molecule has 1 amide bonds. The van der Waals surface area contributed by atoms with Crippen LogP contribution < -0.4 is 24.4 Å². The number of hydrogen-bond donors (Lipinski definition) is 1. The summed E-state index contributed by atoms with van der Waals surface area (Å²) in [6, 6.07) is 3.81. The number of fused-ring (bicyclic) bond motifs is 1. The first-order valence-corrected chi connectivity index (χ1v) is 10.3. The van der Waals surface area contributed by atoms with E-state index in [9.17, 15) is 4.79 Å². The molecular formula is C20H25N3O4S. The second-order valence-electron chi connectivity index (χ2n) is 6.99. The highest BCUT2D eigenvalue weighted by molar-refractivity contribution is 7.16. The summed E-state index contributed by atoms with van der Waals surface area (Å²) in [5.41, 5.74) is 0.907. The minimum absolute atomic E-state index is 0.0372. The molecule has 1 atom stereocenters. The fraction of sp³-hybridized carbons (Fsp3) is 0.500.